The number of benzene rings is 2. The van der Waals surface area contributed by atoms with Crippen LogP contribution in [0, 0.1) is 5.92 Å². The van der Waals surface area contributed by atoms with Gasteiger partial charge in [-0.2, -0.15) is 0 Å². The number of nitrogens with zero attached hydrogens (tertiary/aromatic N) is 1. The van der Waals surface area contributed by atoms with Crippen molar-refractivity contribution in [1.82, 2.24) is 9.62 Å². The number of sulfonamides is 1. The van der Waals surface area contributed by atoms with Crippen LogP contribution in [0.5, 0.6) is 0 Å². The van der Waals surface area contributed by atoms with E-state index in [2.05, 4.69) is 18.6 Å². The van der Waals surface area contributed by atoms with E-state index in [0.717, 1.165) is 40.2 Å². The molecule has 0 unspecified atom stereocenters. The van der Waals surface area contributed by atoms with Gasteiger partial charge in [0, 0.05) is 23.5 Å². The number of carbonyl (C=O) groups excluding carboxylic acids is 2. The predicted molar refractivity (Wildman–Crippen MR) is 156 cm³/mol. The fourth-order valence-corrected chi connectivity index (χ4v) is 6.93. The highest BCUT2D eigenvalue weighted by Crippen LogP contribution is 2.36. The maximum Gasteiger partial charge on any atom is 0.421 e. The molecule has 0 saturated heterocycles. The number of hydrogen-bond acceptors (Lipinski definition) is 6. The summed E-state index contributed by atoms with van der Waals surface area (Å²) in [6, 6.07) is 19.1. The van der Waals surface area contributed by atoms with Gasteiger partial charge in [0.25, 0.3) is 10.0 Å². The Kier molecular flexibility index (Phi) is 11.1. The summed E-state index contributed by atoms with van der Waals surface area (Å²) in [4.78, 5) is 27.9. The highest BCUT2D eigenvalue weighted by Gasteiger charge is 2.26. The molecule has 0 saturated carbocycles. The molecular weight excluding hydrogens is 532 g/mol. The molecule has 0 aliphatic rings. The Balaban J connectivity index is 1.80. The Morgan fingerprint density at radius 2 is 1.69 bits per heavy atom. The van der Waals surface area contributed by atoms with Gasteiger partial charge in [-0.15, -0.1) is 11.3 Å². The van der Waals surface area contributed by atoms with Crippen LogP contribution in [0.15, 0.2) is 64.9 Å². The molecule has 7 nitrogen and oxygen atoms in total. The summed E-state index contributed by atoms with van der Waals surface area (Å²) >= 11 is 1.16. The third-order valence-corrected chi connectivity index (χ3v) is 9.13. The number of likely N-dealkylation sites (N-methyl/N-ethyl adjacent to an activating group) is 1. The van der Waals surface area contributed by atoms with E-state index in [0.29, 0.717) is 36.6 Å². The van der Waals surface area contributed by atoms with Gasteiger partial charge in [0.1, 0.15) is 4.21 Å². The average Bonchev–Trinajstić information content (AvgIpc) is 3.32. The number of unbranched alkanes of at least 4 members (excludes halogenated alkanes) is 1. The minimum atomic E-state index is -4.13. The van der Waals surface area contributed by atoms with Crippen LogP contribution < -0.4 is 4.72 Å². The van der Waals surface area contributed by atoms with Crippen molar-refractivity contribution in [2.75, 3.05) is 13.2 Å². The molecule has 0 bridgehead atoms. The summed E-state index contributed by atoms with van der Waals surface area (Å²) in [7, 11) is -4.13. The normalized spacial score (nSPS) is 11.4. The summed E-state index contributed by atoms with van der Waals surface area (Å²) in [5.74, 6) is 0.364. The molecule has 1 aromatic heterocycles. The van der Waals surface area contributed by atoms with Crippen LogP contribution in [0.1, 0.15) is 56.5 Å². The van der Waals surface area contributed by atoms with Gasteiger partial charge in [0.2, 0.25) is 5.91 Å². The number of hydrogen-bond donors (Lipinski definition) is 1. The highest BCUT2D eigenvalue weighted by molar-refractivity contribution is 7.92. The van der Waals surface area contributed by atoms with E-state index in [1.54, 1.807) is 0 Å². The second kappa shape index (κ2) is 14.3. The van der Waals surface area contributed by atoms with Crippen molar-refractivity contribution in [3.63, 3.8) is 0 Å². The number of carbonyl (C=O) groups is 2. The molecule has 3 rings (SSSR count). The zero-order valence-corrected chi connectivity index (χ0v) is 24.7. The molecule has 0 aliphatic heterocycles. The van der Waals surface area contributed by atoms with E-state index in [9.17, 15) is 18.0 Å². The van der Waals surface area contributed by atoms with Crippen LogP contribution in [0.2, 0.25) is 0 Å². The topological polar surface area (TPSA) is 92.8 Å². The van der Waals surface area contributed by atoms with Gasteiger partial charge in [-0.3, -0.25) is 4.79 Å². The van der Waals surface area contributed by atoms with Gasteiger partial charge in [-0.05, 0) is 48.4 Å². The standard InChI is InChI=1S/C30H38N2O5S2/c1-5-7-17-37-30(34)31-39(35,36)29-27(20-26(38-29)18-22(3)4)25-15-13-23(14-16-25)19-28(33)32(6-2)21-24-11-9-8-10-12-24/h8-16,20,22H,5-7,17-19,21H2,1-4H3,(H,31,34). The summed E-state index contributed by atoms with van der Waals surface area (Å²) in [6.07, 6.45) is 1.48. The third kappa shape index (κ3) is 8.93. The first-order valence-corrected chi connectivity index (χ1v) is 15.7. The van der Waals surface area contributed by atoms with Crippen LogP contribution in [-0.4, -0.2) is 38.5 Å². The van der Waals surface area contributed by atoms with Gasteiger partial charge in [-0.25, -0.2) is 17.9 Å². The van der Waals surface area contributed by atoms with Crippen molar-refractivity contribution in [3.8, 4) is 11.1 Å². The van der Waals surface area contributed by atoms with Crippen LogP contribution in [0.4, 0.5) is 4.79 Å². The Hall–Kier alpha value is -3.17. The number of ether oxygens (including phenoxy) is 1. The predicted octanol–water partition coefficient (Wildman–Crippen LogP) is 6.42. The van der Waals surface area contributed by atoms with Crippen LogP contribution in [-0.2, 0) is 38.9 Å². The molecule has 0 spiro atoms. The quantitative estimate of drug-likeness (QED) is 0.239. The van der Waals surface area contributed by atoms with Gasteiger partial charge < -0.3 is 9.64 Å². The van der Waals surface area contributed by atoms with Crippen molar-refractivity contribution in [1.29, 1.82) is 0 Å². The molecule has 3 aromatic rings. The molecule has 2 amide bonds. The van der Waals surface area contributed by atoms with Gasteiger partial charge in [-0.1, -0.05) is 81.8 Å². The average molecular weight is 571 g/mol. The lowest BCUT2D eigenvalue weighted by Crippen LogP contribution is -2.31. The minimum absolute atomic E-state index is 0.0258. The molecule has 0 radical (unpaired) electrons. The fraction of sp³-hybridized carbons (Fsp3) is 0.400. The monoisotopic (exact) mass is 570 g/mol. The van der Waals surface area contributed by atoms with Gasteiger partial charge in [0.05, 0.1) is 13.0 Å². The molecule has 0 atom stereocenters. The molecule has 39 heavy (non-hydrogen) atoms. The fourth-order valence-electron chi connectivity index (χ4n) is 4.09. The molecule has 9 heteroatoms. The van der Waals surface area contributed by atoms with Crippen LogP contribution in [0.25, 0.3) is 11.1 Å². The summed E-state index contributed by atoms with van der Waals surface area (Å²) in [6.45, 7) is 9.38. The Morgan fingerprint density at radius 3 is 2.31 bits per heavy atom. The van der Waals surface area contributed by atoms with Gasteiger partial charge in [0.15, 0.2) is 0 Å². The number of thiophene rings is 1. The molecule has 2 aromatic carbocycles. The molecule has 1 N–H and O–H groups in total. The van der Waals surface area contributed by atoms with Crippen LogP contribution >= 0.6 is 11.3 Å². The van der Waals surface area contributed by atoms with E-state index in [4.69, 9.17) is 4.74 Å². The summed E-state index contributed by atoms with van der Waals surface area (Å²) in [5, 5.41) is 0. The summed E-state index contributed by atoms with van der Waals surface area (Å²) < 4.78 is 33.5. The highest BCUT2D eigenvalue weighted by atomic mass is 32.2. The van der Waals surface area contributed by atoms with Gasteiger partial charge >= 0.3 is 6.09 Å². The maximum absolute atomic E-state index is 13.2. The summed E-state index contributed by atoms with van der Waals surface area (Å²) in [5.41, 5.74) is 3.15. The number of rotatable bonds is 13. The number of nitrogens with one attached hydrogen (secondary N) is 1. The largest absolute Gasteiger partial charge is 0.449 e. The van der Waals surface area contributed by atoms with Crippen molar-refractivity contribution in [3.05, 3.63) is 76.7 Å². The van der Waals surface area contributed by atoms with Crippen molar-refractivity contribution in [2.45, 2.75) is 64.1 Å². The van der Waals surface area contributed by atoms with E-state index >= 15 is 0 Å². The van der Waals surface area contributed by atoms with E-state index in [-0.39, 0.29) is 23.1 Å². The van der Waals surface area contributed by atoms with Crippen molar-refractivity contribution >= 4 is 33.4 Å². The van der Waals surface area contributed by atoms with Crippen molar-refractivity contribution < 1.29 is 22.7 Å². The number of amides is 2. The Labute approximate surface area is 236 Å². The second-order valence-electron chi connectivity index (χ2n) is 9.87. The molecular formula is C30H38N2O5S2. The lowest BCUT2D eigenvalue weighted by molar-refractivity contribution is -0.130. The third-order valence-electron chi connectivity index (χ3n) is 6.12. The van der Waals surface area contributed by atoms with E-state index in [1.165, 1.54) is 0 Å². The second-order valence-corrected chi connectivity index (χ2v) is 12.9. The first-order valence-electron chi connectivity index (χ1n) is 13.4. The lowest BCUT2D eigenvalue weighted by atomic mass is 10.0. The van der Waals surface area contributed by atoms with Crippen molar-refractivity contribution in [2.24, 2.45) is 5.92 Å². The Bertz CT molecular complexity index is 1330. The molecule has 0 fully saturated rings. The lowest BCUT2D eigenvalue weighted by Gasteiger charge is -2.21. The smallest absolute Gasteiger partial charge is 0.421 e. The first kappa shape index (κ1) is 30.4. The zero-order chi connectivity index (χ0) is 28.4. The zero-order valence-electron chi connectivity index (χ0n) is 23.1. The minimum Gasteiger partial charge on any atom is -0.449 e. The SMILES string of the molecule is CCCCOC(=O)NS(=O)(=O)c1sc(CC(C)C)cc1-c1ccc(CC(=O)N(CC)Cc2ccccc2)cc1. The van der Waals surface area contributed by atoms with E-state index < -0.39 is 16.1 Å². The molecule has 210 valence electrons. The maximum atomic E-state index is 13.2. The van der Waals surface area contributed by atoms with E-state index in [1.807, 2.05) is 79.4 Å². The molecule has 1 heterocycles. The van der Waals surface area contributed by atoms with Crippen LogP contribution in [0.3, 0.4) is 0 Å². The Morgan fingerprint density at radius 1 is 1.00 bits per heavy atom. The molecule has 0 aliphatic carbocycles. The first-order chi connectivity index (χ1) is 18.6.